The van der Waals surface area contributed by atoms with E-state index >= 15 is 0 Å². The van der Waals surface area contributed by atoms with E-state index in [1.54, 1.807) is 110 Å². The fraction of sp³-hybridized carbons (Fsp3) is 0.0625. The molecule has 0 aliphatic rings. The van der Waals surface area contributed by atoms with Gasteiger partial charge in [0.25, 0.3) is 11.8 Å². The average molecular weight is 599 g/mol. The summed E-state index contributed by atoms with van der Waals surface area (Å²) in [5.74, 6) is -1.76. The summed E-state index contributed by atoms with van der Waals surface area (Å²) in [6, 6.07) is 28.8. The molecule has 8 nitrogen and oxygen atoms in total. The van der Waals surface area contributed by atoms with Crippen molar-refractivity contribution in [2.75, 3.05) is 10.6 Å². The molecule has 10 heteroatoms. The van der Waals surface area contributed by atoms with Gasteiger partial charge in [0.1, 0.15) is 5.70 Å². The number of amides is 4. The number of carbonyl (C=O) groups is 4. The molecule has 1 atom stereocenters. The third-order valence-electron chi connectivity index (χ3n) is 5.90. The van der Waals surface area contributed by atoms with Crippen molar-refractivity contribution in [2.45, 2.75) is 17.1 Å². The molecule has 0 aromatic heterocycles. The number of rotatable bonds is 10. The summed E-state index contributed by atoms with van der Waals surface area (Å²) in [6.45, 7) is 1.76. The molecule has 212 valence electrons. The number of thioether (sulfide) groups is 1. The van der Waals surface area contributed by atoms with Crippen molar-refractivity contribution in [1.82, 2.24) is 5.32 Å². The van der Waals surface area contributed by atoms with Crippen LogP contribution in [-0.2, 0) is 9.59 Å². The van der Waals surface area contributed by atoms with E-state index in [2.05, 4.69) is 16.0 Å². The van der Waals surface area contributed by atoms with Gasteiger partial charge in [0, 0.05) is 32.4 Å². The Morgan fingerprint density at radius 2 is 1.50 bits per heavy atom. The average Bonchev–Trinajstić information content (AvgIpc) is 2.97. The predicted molar refractivity (Wildman–Crippen MR) is 167 cm³/mol. The quantitative estimate of drug-likeness (QED) is 0.132. The van der Waals surface area contributed by atoms with Gasteiger partial charge in [-0.2, -0.15) is 0 Å². The molecule has 1 unspecified atom stereocenters. The second kappa shape index (κ2) is 14.2. The monoisotopic (exact) mass is 598 g/mol. The molecule has 42 heavy (non-hydrogen) atoms. The van der Waals surface area contributed by atoms with Gasteiger partial charge >= 0.3 is 0 Å². The van der Waals surface area contributed by atoms with Crippen molar-refractivity contribution in [1.29, 1.82) is 0 Å². The topological polar surface area (TPSA) is 130 Å². The number of hydrogen-bond donors (Lipinski definition) is 4. The summed E-state index contributed by atoms with van der Waals surface area (Å²) in [7, 11) is 0. The Hall–Kier alpha value is -4.86. The lowest BCUT2D eigenvalue weighted by Crippen LogP contribution is -2.30. The lowest BCUT2D eigenvalue weighted by molar-refractivity contribution is -0.115. The molecule has 0 saturated carbocycles. The van der Waals surface area contributed by atoms with E-state index in [1.807, 2.05) is 6.07 Å². The highest BCUT2D eigenvalue weighted by Gasteiger charge is 2.17. The number of hydrogen-bond acceptors (Lipinski definition) is 5. The van der Waals surface area contributed by atoms with Gasteiger partial charge in [-0.25, -0.2) is 0 Å². The van der Waals surface area contributed by atoms with Crippen LogP contribution in [0.3, 0.4) is 0 Å². The Morgan fingerprint density at radius 3 is 2.19 bits per heavy atom. The zero-order valence-electron chi connectivity index (χ0n) is 22.5. The third-order valence-corrected chi connectivity index (χ3v) is 7.23. The lowest BCUT2D eigenvalue weighted by Gasteiger charge is -2.14. The fourth-order valence-corrected chi connectivity index (χ4v) is 4.90. The van der Waals surface area contributed by atoms with E-state index in [1.165, 1.54) is 11.8 Å². The highest BCUT2D eigenvalue weighted by Crippen LogP contribution is 2.27. The van der Waals surface area contributed by atoms with E-state index in [0.717, 1.165) is 4.90 Å². The van der Waals surface area contributed by atoms with Crippen LogP contribution in [0.4, 0.5) is 11.4 Å². The number of primary amides is 1. The molecule has 0 radical (unpaired) electrons. The molecular weight excluding hydrogens is 572 g/mol. The van der Waals surface area contributed by atoms with E-state index < -0.39 is 23.0 Å². The van der Waals surface area contributed by atoms with Gasteiger partial charge in [0.05, 0.1) is 5.25 Å². The summed E-state index contributed by atoms with van der Waals surface area (Å²) < 4.78 is 0. The molecule has 0 bridgehead atoms. The van der Waals surface area contributed by atoms with Gasteiger partial charge < -0.3 is 21.7 Å². The molecule has 0 fully saturated rings. The summed E-state index contributed by atoms with van der Waals surface area (Å²) in [4.78, 5) is 51.0. The minimum absolute atomic E-state index is 0.0271. The first-order chi connectivity index (χ1) is 20.2. The summed E-state index contributed by atoms with van der Waals surface area (Å²) >= 11 is 7.42. The second-order valence-electron chi connectivity index (χ2n) is 9.11. The zero-order valence-corrected chi connectivity index (χ0v) is 24.0. The molecular formula is C32H27ClN4O4S. The Bertz CT molecular complexity index is 1640. The van der Waals surface area contributed by atoms with Crippen LogP contribution in [0, 0.1) is 0 Å². The summed E-state index contributed by atoms with van der Waals surface area (Å²) in [5.41, 5.74) is 7.68. The fourth-order valence-electron chi connectivity index (χ4n) is 3.77. The molecule has 0 aliphatic carbocycles. The minimum Gasteiger partial charge on any atom is -0.366 e. The first kappa shape index (κ1) is 30.1. The van der Waals surface area contributed by atoms with E-state index in [4.69, 9.17) is 17.3 Å². The van der Waals surface area contributed by atoms with Crippen molar-refractivity contribution in [3.8, 4) is 0 Å². The van der Waals surface area contributed by atoms with Crippen molar-refractivity contribution >= 4 is 64.4 Å². The Balaban J connectivity index is 1.46. The molecule has 0 heterocycles. The van der Waals surface area contributed by atoms with Crippen LogP contribution in [0.1, 0.15) is 33.2 Å². The van der Waals surface area contributed by atoms with Crippen molar-refractivity contribution < 1.29 is 19.2 Å². The van der Waals surface area contributed by atoms with Gasteiger partial charge in [-0.1, -0.05) is 48.0 Å². The van der Waals surface area contributed by atoms with Crippen molar-refractivity contribution in [3.05, 3.63) is 131 Å². The van der Waals surface area contributed by atoms with Crippen LogP contribution in [0.2, 0.25) is 5.02 Å². The molecule has 4 amide bonds. The maximum Gasteiger partial charge on any atom is 0.272 e. The second-order valence-corrected chi connectivity index (χ2v) is 11.0. The number of carbonyl (C=O) groups excluding carboxylic acids is 4. The molecule has 4 aromatic rings. The molecule has 0 spiro atoms. The lowest BCUT2D eigenvalue weighted by atomic mass is 10.1. The highest BCUT2D eigenvalue weighted by atomic mass is 35.5. The van der Waals surface area contributed by atoms with Gasteiger partial charge in [-0.15, -0.1) is 11.8 Å². The van der Waals surface area contributed by atoms with Crippen molar-refractivity contribution in [3.63, 3.8) is 0 Å². The van der Waals surface area contributed by atoms with E-state index in [-0.39, 0.29) is 11.6 Å². The standard InChI is InChI=1S/C32H27ClN4O4S/c1-20(30(39)35-25-15-13-22(14-16-25)29(34)38)42-27-12-6-11-26(19-27)36-32(41)28(18-21-7-5-10-24(33)17-21)37-31(40)23-8-3-2-4-9-23/h2-20H,1H3,(H2,34,38)(H,35,39)(H,36,41)(H,37,40)/b28-18-. The van der Waals surface area contributed by atoms with Gasteiger partial charge in [0.2, 0.25) is 11.8 Å². The molecule has 0 saturated heterocycles. The van der Waals surface area contributed by atoms with Crippen LogP contribution in [0.25, 0.3) is 6.08 Å². The van der Waals surface area contributed by atoms with Crippen LogP contribution in [-0.4, -0.2) is 28.9 Å². The maximum atomic E-state index is 13.4. The highest BCUT2D eigenvalue weighted by molar-refractivity contribution is 8.00. The van der Waals surface area contributed by atoms with Gasteiger partial charge in [0.15, 0.2) is 0 Å². The van der Waals surface area contributed by atoms with Crippen molar-refractivity contribution in [2.24, 2.45) is 5.73 Å². The van der Waals surface area contributed by atoms with E-state index in [0.29, 0.717) is 33.1 Å². The Morgan fingerprint density at radius 1 is 0.786 bits per heavy atom. The van der Waals surface area contributed by atoms with Gasteiger partial charge in [-0.3, -0.25) is 19.2 Å². The normalized spacial score (nSPS) is 11.7. The number of halogens is 1. The Labute approximate surface area is 252 Å². The molecule has 0 aliphatic heterocycles. The van der Waals surface area contributed by atoms with Crippen LogP contribution < -0.4 is 21.7 Å². The summed E-state index contributed by atoms with van der Waals surface area (Å²) in [6.07, 6.45) is 1.54. The summed E-state index contributed by atoms with van der Waals surface area (Å²) in [5, 5.41) is 8.35. The maximum absolute atomic E-state index is 13.4. The SMILES string of the molecule is CC(Sc1cccc(NC(=O)/C(=C/c2cccc(Cl)c2)NC(=O)c2ccccc2)c1)C(=O)Nc1ccc(C(N)=O)cc1. The number of nitrogens with one attached hydrogen (secondary N) is 3. The smallest absolute Gasteiger partial charge is 0.272 e. The number of nitrogens with two attached hydrogens (primary N) is 1. The molecule has 4 aromatic carbocycles. The predicted octanol–water partition coefficient (Wildman–Crippen LogP) is 5.97. The zero-order chi connectivity index (χ0) is 30.1. The van der Waals surface area contributed by atoms with Crippen LogP contribution in [0.5, 0.6) is 0 Å². The largest absolute Gasteiger partial charge is 0.366 e. The Kier molecular flexibility index (Phi) is 10.1. The van der Waals surface area contributed by atoms with Crippen LogP contribution >= 0.6 is 23.4 Å². The first-order valence-corrected chi connectivity index (χ1v) is 14.1. The third kappa shape index (κ3) is 8.57. The number of anilines is 2. The molecule has 5 N–H and O–H groups in total. The number of benzene rings is 4. The first-order valence-electron chi connectivity index (χ1n) is 12.8. The minimum atomic E-state index is -0.547. The molecule has 4 rings (SSSR count). The van der Waals surface area contributed by atoms with Crippen LogP contribution in [0.15, 0.2) is 114 Å². The van der Waals surface area contributed by atoms with Gasteiger partial charge in [-0.05, 0) is 85.3 Å². The van der Waals surface area contributed by atoms with E-state index in [9.17, 15) is 19.2 Å².